The maximum Gasteiger partial charge on any atom is 0.272 e. The van der Waals surface area contributed by atoms with Crippen molar-refractivity contribution in [3.8, 4) is 28.4 Å². The van der Waals surface area contributed by atoms with Gasteiger partial charge in [0.15, 0.2) is 17.2 Å². The van der Waals surface area contributed by atoms with E-state index in [2.05, 4.69) is 10.4 Å². The van der Waals surface area contributed by atoms with Crippen LogP contribution in [0.4, 0.5) is 0 Å². The standard InChI is InChI=1S/C24H19N3O3/c28-24(25-15-17-7-3-1-4-8-17)20-14-21(27(26-20)19-9-5-2-6-10-19)18-11-12-22-23(13-18)30-16-29-22/h1-14H,15-16H2,(H,25,28). The van der Waals surface area contributed by atoms with Gasteiger partial charge in [0.1, 0.15) is 0 Å². The normalized spacial score (nSPS) is 12.0. The van der Waals surface area contributed by atoms with Crippen molar-refractivity contribution in [3.05, 3.63) is 96.2 Å². The highest BCUT2D eigenvalue weighted by Crippen LogP contribution is 2.36. The highest BCUT2D eigenvalue weighted by molar-refractivity contribution is 5.93. The van der Waals surface area contributed by atoms with Gasteiger partial charge in [-0.05, 0) is 42.0 Å². The highest BCUT2D eigenvalue weighted by atomic mass is 16.7. The Morgan fingerprint density at radius 3 is 2.43 bits per heavy atom. The number of aromatic nitrogens is 2. The fraction of sp³-hybridized carbons (Fsp3) is 0.0833. The van der Waals surface area contributed by atoms with Gasteiger partial charge in [0, 0.05) is 12.1 Å². The average Bonchev–Trinajstić information content (AvgIpc) is 3.45. The van der Waals surface area contributed by atoms with Crippen LogP contribution < -0.4 is 14.8 Å². The molecule has 0 saturated carbocycles. The quantitative estimate of drug-likeness (QED) is 0.548. The molecule has 0 bridgehead atoms. The van der Waals surface area contributed by atoms with Crippen LogP contribution in [-0.4, -0.2) is 22.5 Å². The third-order valence-corrected chi connectivity index (χ3v) is 4.91. The molecule has 0 saturated heterocycles. The van der Waals surface area contributed by atoms with Gasteiger partial charge in [0.2, 0.25) is 6.79 Å². The second-order valence-corrected chi connectivity index (χ2v) is 6.90. The van der Waals surface area contributed by atoms with Gasteiger partial charge in [-0.3, -0.25) is 4.79 Å². The number of carbonyl (C=O) groups is 1. The van der Waals surface area contributed by atoms with E-state index in [0.29, 0.717) is 23.7 Å². The summed E-state index contributed by atoms with van der Waals surface area (Å²) in [7, 11) is 0. The molecule has 0 fully saturated rings. The van der Waals surface area contributed by atoms with Crippen molar-refractivity contribution in [2.24, 2.45) is 0 Å². The third kappa shape index (κ3) is 3.51. The number of ether oxygens (including phenoxy) is 2. The Labute approximate surface area is 173 Å². The molecule has 1 amide bonds. The second kappa shape index (κ2) is 7.75. The lowest BCUT2D eigenvalue weighted by molar-refractivity contribution is 0.0945. The van der Waals surface area contributed by atoms with Crippen molar-refractivity contribution in [3.63, 3.8) is 0 Å². The van der Waals surface area contributed by atoms with Crippen molar-refractivity contribution >= 4 is 5.91 Å². The summed E-state index contributed by atoms with van der Waals surface area (Å²) in [5.41, 5.74) is 3.93. The number of hydrogen-bond donors (Lipinski definition) is 1. The summed E-state index contributed by atoms with van der Waals surface area (Å²) < 4.78 is 12.7. The van der Waals surface area contributed by atoms with Crippen LogP contribution in [0.5, 0.6) is 11.5 Å². The molecule has 1 aliphatic rings. The van der Waals surface area contributed by atoms with E-state index in [0.717, 1.165) is 22.5 Å². The Bertz CT molecular complexity index is 1190. The van der Waals surface area contributed by atoms with Gasteiger partial charge in [-0.2, -0.15) is 5.10 Å². The Morgan fingerprint density at radius 1 is 0.900 bits per heavy atom. The molecule has 5 rings (SSSR count). The van der Waals surface area contributed by atoms with Crippen LogP contribution in [0.1, 0.15) is 16.1 Å². The highest BCUT2D eigenvalue weighted by Gasteiger charge is 2.20. The topological polar surface area (TPSA) is 65.4 Å². The fourth-order valence-electron chi connectivity index (χ4n) is 3.39. The zero-order valence-electron chi connectivity index (χ0n) is 16.1. The zero-order chi connectivity index (χ0) is 20.3. The smallest absolute Gasteiger partial charge is 0.272 e. The van der Waals surface area contributed by atoms with Gasteiger partial charge in [0.25, 0.3) is 5.91 Å². The lowest BCUT2D eigenvalue weighted by atomic mass is 10.1. The minimum Gasteiger partial charge on any atom is -0.454 e. The Balaban J connectivity index is 1.49. The first-order valence-electron chi connectivity index (χ1n) is 9.65. The van der Waals surface area contributed by atoms with Gasteiger partial charge >= 0.3 is 0 Å². The summed E-state index contributed by atoms with van der Waals surface area (Å²) in [6.45, 7) is 0.654. The number of carbonyl (C=O) groups excluding carboxylic acids is 1. The van der Waals surface area contributed by atoms with Gasteiger partial charge in [-0.25, -0.2) is 4.68 Å². The largest absolute Gasteiger partial charge is 0.454 e. The van der Waals surface area contributed by atoms with E-state index in [1.165, 1.54) is 0 Å². The predicted octanol–water partition coefficient (Wildman–Crippen LogP) is 4.20. The van der Waals surface area contributed by atoms with E-state index >= 15 is 0 Å². The summed E-state index contributed by atoms with van der Waals surface area (Å²) in [5.74, 6) is 1.17. The number of nitrogens with zero attached hydrogens (tertiary/aromatic N) is 2. The summed E-state index contributed by atoms with van der Waals surface area (Å²) >= 11 is 0. The molecule has 0 atom stereocenters. The lowest BCUT2D eigenvalue weighted by Crippen LogP contribution is -2.23. The number of rotatable bonds is 5. The average molecular weight is 397 g/mol. The molecular formula is C24H19N3O3. The molecule has 0 unspecified atom stereocenters. The summed E-state index contributed by atoms with van der Waals surface area (Å²) in [6, 6.07) is 27.0. The van der Waals surface area contributed by atoms with Crippen LogP contribution in [0, 0.1) is 0 Å². The van der Waals surface area contributed by atoms with E-state index < -0.39 is 0 Å². The Morgan fingerprint density at radius 2 is 1.63 bits per heavy atom. The predicted molar refractivity (Wildman–Crippen MR) is 113 cm³/mol. The molecule has 2 heterocycles. The van der Waals surface area contributed by atoms with Crippen molar-refractivity contribution in [1.29, 1.82) is 0 Å². The van der Waals surface area contributed by atoms with Crippen LogP contribution in [0.3, 0.4) is 0 Å². The molecule has 6 heteroatoms. The van der Waals surface area contributed by atoms with Crippen molar-refractivity contribution < 1.29 is 14.3 Å². The van der Waals surface area contributed by atoms with Gasteiger partial charge in [-0.15, -0.1) is 0 Å². The number of amides is 1. The molecular weight excluding hydrogens is 378 g/mol. The fourth-order valence-corrected chi connectivity index (χ4v) is 3.39. The third-order valence-electron chi connectivity index (χ3n) is 4.91. The first-order chi connectivity index (χ1) is 14.8. The first-order valence-corrected chi connectivity index (χ1v) is 9.65. The maximum absolute atomic E-state index is 12.8. The van der Waals surface area contributed by atoms with E-state index in [9.17, 15) is 4.79 Å². The summed E-state index contributed by atoms with van der Waals surface area (Å²) in [6.07, 6.45) is 0. The van der Waals surface area contributed by atoms with Crippen LogP contribution in [0.2, 0.25) is 0 Å². The van der Waals surface area contributed by atoms with E-state index in [1.807, 2.05) is 78.9 Å². The summed E-state index contributed by atoms with van der Waals surface area (Å²) in [4.78, 5) is 12.8. The zero-order valence-corrected chi connectivity index (χ0v) is 16.1. The van der Waals surface area contributed by atoms with E-state index in [4.69, 9.17) is 9.47 Å². The van der Waals surface area contributed by atoms with Crippen molar-refractivity contribution in [2.45, 2.75) is 6.54 Å². The molecule has 4 aromatic rings. The van der Waals surface area contributed by atoms with Crippen LogP contribution in [0.25, 0.3) is 16.9 Å². The SMILES string of the molecule is O=C(NCc1ccccc1)c1cc(-c2ccc3c(c2)OCO3)n(-c2ccccc2)n1. The molecule has 30 heavy (non-hydrogen) atoms. The molecule has 1 N–H and O–H groups in total. The number of nitrogens with one attached hydrogen (secondary N) is 1. The van der Waals surface area contributed by atoms with E-state index in [1.54, 1.807) is 10.7 Å². The van der Waals surface area contributed by atoms with Gasteiger partial charge in [-0.1, -0.05) is 48.5 Å². The van der Waals surface area contributed by atoms with E-state index in [-0.39, 0.29) is 12.7 Å². The minimum atomic E-state index is -0.226. The Kier molecular flexibility index (Phi) is 4.65. The van der Waals surface area contributed by atoms with Crippen LogP contribution in [0.15, 0.2) is 84.9 Å². The molecule has 148 valence electrons. The molecule has 0 radical (unpaired) electrons. The van der Waals surface area contributed by atoms with Crippen molar-refractivity contribution in [1.82, 2.24) is 15.1 Å². The van der Waals surface area contributed by atoms with Gasteiger partial charge in [0.05, 0.1) is 11.4 Å². The number of benzene rings is 3. The van der Waals surface area contributed by atoms with Crippen LogP contribution >= 0.6 is 0 Å². The Hall–Kier alpha value is -4.06. The molecule has 1 aromatic heterocycles. The van der Waals surface area contributed by atoms with Crippen LogP contribution in [-0.2, 0) is 6.54 Å². The number of para-hydroxylation sites is 1. The number of fused-ring (bicyclic) bond motifs is 1. The van der Waals surface area contributed by atoms with Gasteiger partial charge < -0.3 is 14.8 Å². The first kappa shape index (κ1) is 18.0. The molecule has 0 spiro atoms. The monoisotopic (exact) mass is 397 g/mol. The maximum atomic E-state index is 12.8. The number of hydrogen-bond acceptors (Lipinski definition) is 4. The molecule has 1 aliphatic heterocycles. The summed E-state index contributed by atoms with van der Waals surface area (Å²) in [5, 5.41) is 7.54. The lowest BCUT2D eigenvalue weighted by Gasteiger charge is -2.08. The van der Waals surface area contributed by atoms with Crippen molar-refractivity contribution in [2.75, 3.05) is 6.79 Å². The minimum absolute atomic E-state index is 0.212. The molecule has 3 aromatic carbocycles. The molecule has 6 nitrogen and oxygen atoms in total. The molecule has 0 aliphatic carbocycles. The second-order valence-electron chi connectivity index (χ2n) is 6.90.